The fourth-order valence-corrected chi connectivity index (χ4v) is 4.20. The lowest BCUT2D eigenvalue weighted by Gasteiger charge is -2.17. The molecule has 1 aliphatic heterocycles. The van der Waals surface area contributed by atoms with Gasteiger partial charge in [0.2, 0.25) is 6.10 Å². The summed E-state index contributed by atoms with van der Waals surface area (Å²) in [5.41, 5.74) is 0.664. The number of phenolic OH excluding ortho intramolecular Hbond substituents is 5. The van der Waals surface area contributed by atoms with E-state index in [4.69, 9.17) is 9.47 Å². The van der Waals surface area contributed by atoms with Crippen LogP contribution in [0.1, 0.15) is 34.3 Å². The molecule has 0 spiro atoms. The number of benzene rings is 3. The number of carboxylic acid groups (broad SMARTS) is 2. The molecule has 0 radical (unpaired) electrons. The third-order valence-electron chi connectivity index (χ3n) is 6.06. The van der Waals surface area contributed by atoms with Crippen molar-refractivity contribution in [2.24, 2.45) is 0 Å². The summed E-state index contributed by atoms with van der Waals surface area (Å²) in [5, 5.41) is 68.2. The third-order valence-corrected chi connectivity index (χ3v) is 6.06. The van der Waals surface area contributed by atoms with Crippen LogP contribution in [0.3, 0.4) is 0 Å². The van der Waals surface area contributed by atoms with Crippen molar-refractivity contribution in [3.8, 4) is 34.5 Å². The normalized spacial score (nSPS) is 16.8. The van der Waals surface area contributed by atoms with Crippen molar-refractivity contribution >= 4 is 24.0 Å². The Balaban J connectivity index is 1.59. The average Bonchev–Trinajstić information content (AvgIpc) is 3.29. The molecule has 7 N–H and O–H groups in total. The zero-order chi connectivity index (χ0) is 28.4. The Morgan fingerprint density at radius 2 is 1.49 bits per heavy atom. The van der Waals surface area contributed by atoms with E-state index < -0.39 is 59.0 Å². The first kappa shape index (κ1) is 26.7. The van der Waals surface area contributed by atoms with Gasteiger partial charge in [-0.1, -0.05) is 18.2 Å². The first-order valence-corrected chi connectivity index (χ1v) is 11.4. The molecule has 1 heterocycles. The Labute approximate surface area is 219 Å². The van der Waals surface area contributed by atoms with Gasteiger partial charge in [-0.25, -0.2) is 9.59 Å². The van der Waals surface area contributed by atoms with E-state index in [0.717, 1.165) is 30.3 Å². The van der Waals surface area contributed by atoms with Gasteiger partial charge in [0.25, 0.3) is 0 Å². The molecule has 3 aromatic carbocycles. The van der Waals surface area contributed by atoms with Gasteiger partial charge in [-0.05, 0) is 53.1 Å². The number of carbonyl (C=O) groups is 3. The lowest BCUT2D eigenvalue weighted by atomic mass is 9.88. The third kappa shape index (κ3) is 5.49. The summed E-state index contributed by atoms with van der Waals surface area (Å²) in [6.07, 6.45) is -1.09. The van der Waals surface area contributed by atoms with Crippen LogP contribution in [0.25, 0.3) is 6.08 Å². The quantitative estimate of drug-likeness (QED) is 0.125. The van der Waals surface area contributed by atoms with Crippen LogP contribution in [0.5, 0.6) is 34.5 Å². The van der Waals surface area contributed by atoms with Gasteiger partial charge in [0.1, 0.15) is 12.0 Å². The van der Waals surface area contributed by atoms with Crippen molar-refractivity contribution in [3.63, 3.8) is 0 Å². The standard InChI is InChI=1S/C27H22O12/c28-15-5-1-12(9-18(15)31)10-20(26(34)35)38-21(33)8-4-13-2-7-17(30)25-22(13)23(27(36)37)24(39-25)14-3-6-16(29)19(32)11-14/h1-9,11,20,23-24,28-32H,10H2,(H,34,35)(H,36,37)/t20-,23+,24-/m0/s1. The first-order chi connectivity index (χ1) is 18.5. The first-order valence-electron chi connectivity index (χ1n) is 11.4. The Morgan fingerprint density at radius 3 is 2.10 bits per heavy atom. The molecule has 0 saturated heterocycles. The number of esters is 1. The molecule has 12 heteroatoms. The fourth-order valence-electron chi connectivity index (χ4n) is 4.20. The Bertz CT molecular complexity index is 1490. The van der Waals surface area contributed by atoms with Gasteiger partial charge in [0, 0.05) is 18.1 Å². The van der Waals surface area contributed by atoms with E-state index in [2.05, 4.69) is 0 Å². The van der Waals surface area contributed by atoms with Gasteiger partial charge < -0.3 is 45.2 Å². The summed E-state index contributed by atoms with van der Waals surface area (Å²) in [5.74, 6) is -7.59. The van der Waals surface area contributed by atoms with E-state index in [9.17, 15) is 50.1 Å². The summed E-state index contributed by atoms with van der Waals surface area (Å²) in [6, 6.07) is 9.83. The fraction of sp³-hybridized carbons (Fsp3) is 0.148. The van der Waals surface area contributed by atoms with E-state index in [0.29, 0.717) is 0 Å². The zero-order valence-corrected chi connectivity index (χ0v) is 19.9. The maximum Gasteiger partial charge on any atom is 0.345 e. The SMILES string of the molecule is O=C(C=Cc1ccc(O)c2c1[C@@H](C(=O)O)[C@H](c1ccc(O)c(O)c1)O2)O[C@@H](Cc1ccc(O)c(O)c1)C(=O)O. The highest BCUT2D eigenvalue weighted by atomic mass is 16.6. The van der Waals surface area contributed by atoms with Crippen molar-refractivity contribution in [1.82, 2.24) is 0 Å². The summed E-state index contributed by atoms with van der Waals surface area (Å²) in [4.78, 5) is 36.4. The van der Waals surface area contributed by atoms with Crippen LogP contribution in [-0.2, 0) is 25.5 Å². The predicted molar refractivity (Wildman–Crippen MR) is 132 cm³/mol. The van der Waals surface area contributed by atoms with E-state index in [1.165, 1.54) is 30.3 Å². The maximum absolute atomic E-state index is 12.5. The predicted octanol–water partition coefficient (Wildman–Crippen LogP) is 2.77. The Morgan fingerprint density at radius 1 is 0.846 bits per heavy atom. The minimum Gasteiger partial charge on any atom is -0.504 e. The Kier molecular flexibility index (Phi) is 7.20. The molecule has 0 unspecified atom stereocenters. The van der Waals surface area contributed by atoms with Crippen LogP contribution in [0.2, 0.25) is 0 Å². The van der Waals surface area contributed by atoms with Crippen molar-refractivity contribution in [1.29, 1.82) is 0 Å². The van der Waals surface area contributed by atoms with Crippen molar-refractivity contribution in [3.05, 3.63) is 76.9 Å². The van der Waals surface area contributed by atoms with Gasteiger partial charge in [-0.2, -0.15) is 0 Å². The molecule has 3 aromatic rings. The number of carboxylic acids is 2. The topological polar surface area (TPSA) is 211 Å². The monoisotopic (exact) mass is 538 g/mol. The Hall–Kier alpha value is -5.39. The second kappa shape index (κ2) is 10.5. The number of ether oxygens (including phenoxy) is 2. The summed E-state index contributed by atoms with van der Waals surface area (Å²) in [6.45, 7) is 0. The number of hydrogen-bond acceptors (Lipinski definition) is 10. The molecule has 0 amide bonds. The minimum absolute atomic E-state index is 0.0264. The highest BCUT2D eigenvalue weighted by Crippen LogP contribution is 2.52. The van der Waals surface area contributed by atoms with Crippen LogP contribution >= 0.6 is 0 Å². The van der Waals surface area contributed by atoms with Gasteiger partial charge in [-0.3, -0.25) is 4.79 Å². The average molecular weight is 538 g/mol. The molecule has 3 atom stereocenters. The molecule has 0 aromatic heterocycles. The summed E-state index contributed by atoms with van der Waals surface area (Å²) < 4.78 is 10.8. The lowest BCUT2D eigenvalue weighted by Crippen LogP contribution is -2.28. The molecule has 202 valence electrons. The molecule has 0 aliphatic carbocycles. The largest absolute Gasteiger partial charge is 0.504 e. The zero-order valence-electron chi connectivity index (χ0n) is 19.9. The van der Waals surface area contributed by atoms with Crippen LogP contribution in [0, 0.1) is 0 Å². The molecule has 0 bridgehead atoms. The highest BCUT2D eigenvalue weighted by Gasteiger charge is 2.43. The summed E-state index contributed by atoms with van der Waals surface area (Å²) in [7, 11) is 0. The van der Waals surface area contributed by atoms with Gasteiger partial charge in [0.05, 0.1) is 0 Å². The van der Waals surface area contributed by atoms with Crippen molar-refractivity contribution in [2.75, 3.05) is 0 Å². The van der Waals surface area contributed by atoms with Crippen molar-refractivity contribution in [2.45, 2.75) is 24.5 Å². The van der Waals surface area contributed by atoms with Crippen molar-refractivity contribution < 1.29 is 59.6 Å². The number of fused-ring (bicyclic) bond motifs is 1. The molecular weight excluding hydrogens is 516 g/mol. The molecule has 0 fully saturated rings. The van der Waals surface area contributed by atoms with E-state index in [1.807, 2.05) is 0 Å². The number of aliphatic carboxylic acids is 2. The molecule has 0 saturated carbocycles. The number of carbonyl (C=O) groups excluding carboxylic acids is 1. The molecule has 4 rings (SSSR count). The number of rotatable bonds is 8. The van der Waals surface area contributed by atoms with Gasteiger partial charge >= 0.3 is 17.9 Å². The van der Waals surface area contributed by atoms with Gasteiger partial charge in [0.15, 0.2) is 34.5 Å². The minimum atomic E-state index is -1.64. The second-order valence-corrected chi connectivity index (χ2v) is 8.64. The highest BCUT2D eigenvalue weighted by molar-refractivity contribution is 5.91. The van der Waals surface area contributed by atoms with Crippen LogP contribution in [-0.4, -0.2) is 59.8 Å². The van der Waals surface area contributed by atoms with E-state index in [1.54, 1.807) is 0 Å². The lowest BCUT2D eigenvalue weighted by molar-refractivity contribution is -0.160. The molecule has 1 aliphatic rings. The molecule has 39 heavy (non-hydrogen) atoms. The second-order valence-electron chi connectivity index (χ2n) is 8.64. The van der Waals surface area contributed by atoms with Crippen LogP contribution < -0.4 is 4.74 Å². The van der Waals surface area contributed by atoms with E-state index in [-0.39, 0.29) is 40.2 Å². The van der Waals surface area contributed by atoms with Crippen LogP contribution in [0.4, 0.5) is 0 Å². The number of hydrogen-bond donors (Lipinski definition) is 7. The smallest absolute Gasteiger partial charge is 0.345 e. The van der Waals surface area contributed by atoms with E-state index >= 15 is 0 Å². The maximum atomic E-state index is 12.5. The van der Waals surface area contributed by atoms with Crippen LogP contribution in [0.15, 0.2) is 54.6 Å². The molecular formula is C27H22O12. The molecule has 12 nitrogen and oxygen atoms in total. The van der Waals surface area contributed by atoms with Gasteiger partial charge in [-0.15, -0.1) is 0 Å². The summed E-state index contributed by atoms with van der Waals surface area (Å²) >= 11 is 0. The number of aromatic hydroxyl groups is 5. The number of phenols is 5.